The van der Waals surface area contributed by atoms with E-state index in [0.717, 1.165) is 37.7 Å². The van der Waals surface area contributed by atoms with Crippen molar-refractivity contribution in [3.63, 3.8) is 0 Å². The Balaban J connectivity index is 1.71. The summed E-state index contributed by atoms with van der Waals surface area (Å²) in [5.41, 5.74) is 1.25. The molecule has 4 nitrogen and oxygen atoms in total. The molecule has 170 valence electrons. The van der Waals surface area contributed by atoms with E-state index in [1.807, 2.05) is 0 Å². The van der Waals surface area contributed by atoms with Crippen molar-refractivity contribution < 1.29 is 19.8 Å². The average Bonchev–Trinajstić information content (AvgIpc) is 3.05. The molecule has 3 aliphatic carbocycles. The number of Topliss-reactive ketones (excluding diaryl/α,β-unsaturated/α-hetero) is 1. The minimum atomic E-state index is -0.956. The van der Waals surface area contributed by atoms with E-state index < -0.39 is 5.97 Å². The Labute approximate surface area is 186 Å². The zero-order chi connectivity index (χ0) is 22.8. The zero-order valence-corrected chi connectivity index (χ0v) is 19.7. The average molecular weight is 427 g/mol. The number of rotatable bonds is 4. The molecule has 0 heterocycles. The van der Waals surface area contributed by atoms with Gasteiger partial charge in [0.1, 0.15) is 11.5 Å². The van der Waals surface area contributed by atoms with Crippen LogP contribution in [0, 0.1) is 39.9 Å². The van der Waals surface area contributed by atoms with E-state index in [0.29, 0.717) is 30.0 Å². The van der Waals surface area contributed by atoms with Gasteiger partial charge in [-0.3, -0.25) is 4.79 Å². The molecule has 0 saturated heterocycles. The third kappa shape index (κ3) is 3.24. The van der Waals surface area contributed by atoms with Gasteiger partial charge in [-0.25, -0.2) is 4.79 Å². The molecular formula is C27H38O4. The highest BCUT2D eigenvalue weighted by Crippen LogP contribution is 2.71. The number of ketones is 1. The van der Waals surface area contributed by atoms with Gasteiger partial charge in [-0.2, -0.15) is 0 Å². The van der Waals surface area contributed by atoms with Crippen molar-refractivity contribution in [2.24, 2.45) is 39.9 Å². The molecule has 31 heavy (non-hydrogen) atoms. The molecule has 0 bridgehead atoms. The number of carboxylic acids is 1. The lowest BCUT2D eigenvalue weighted by atomic mass is 9.40. The normalized spacial score (nSPS) is 42.0. The Hall–Kier alpha value is -1.84. The van der Waals surface area contributed by atoms with E-state index >= 15 is 0 Å². The number of carboxylic acid groups (broad SMARTS) is 1. The van der Waals surface area contributed by atoms with Crippen LogP contribution < -0.4 is 0 Å². The number of phenols is 1. The molecule has 1 aromatic carbocycles. The number of hydrogen-bond acceptors (Lipinski definition) is 3. The fraction of sp³-hybridized carbons (Fsp3) is 0.704. The highest BCUT2D eigenvalue weighted by molar-refractivity contribution is 5.88. The predicted molar refractivity (Wildman–Crippen MR) is 121 cm³/mol. The number of carbonyl (C=O) groups is 2. The van der Waals surface area contributed by atoms with Gasteiger partial charge in [-0.15, -0.1) is 0 Å². The molecule has 0 aliphatic heterocycles. The Bertz CT molecular complexity index is 906. The fourth-order valence-electron chi connectivity index (χ4n) is 8.56. The molecule has 3 saturated carbocycles. The Morgan fingerprint density at radius 1 is 1.00 bits per heavy atom. The number of aromatic carboxylic acids is 1. The van der Waals surface area contributed by atoms with E-state index in [4.69, 9.17) is 0 Å². The molecule has 7 atom stereocenters. The maximum Gasteiger partial charge on any atom is 0.335 e. The summed E-state index contributed by atoms with van der Waals surface area (Å²) in [7, 11) is 0. The quantitative estimate of drug-likeness (QED) is 0.609. The smallest absolute Gasteiger partial charge is 0.335 e. The van der Waals surface area contributed by atoms with E-state index in [9.17, 15) is 19.8 Å². The molecule has 0 spiro atoms. The Morgan fingerprint density at radius 3 is 2.32 bits per heavy atom. The molecule has 4 rings (SSSR count). The molecule has 2 N–H and O–H groups in total. The lowest BCUT2D eigenvalue weighted by Crippen LogP contribution is -2.58. The van der Waals surface area contributed by atoms with Crippen LogP contribution in [-0.4, -0.2) is 22.0 Å². The van der Waals surface area contributed by atoms with E-state index in [1.54, 1.807) is 13.0 Å². The van der Waals surface area contributed by atoms with Gasteiger partial charge in [0.05, 0.1) is 5.56 Å². The second-order valence-corrected chi connectivity index (χ2v) is 11.7. The van der Waals surface area contributed by atoms with Gasteiger partial charge in [-0.1, -0.05) is 27.7 Å². The molecule has 4 heteroatoms. The topological polar surface area (TPSA) is 74.6 Å². The van der Waals surface area contributed by atoms with Crippen molar-refractivity contribution >= 4 is 11.8 Å². The van der Waals surface area contributed by atoms with Gasteiger partial charge in [0.15, 0.2) is 0 Å². The Morgan fingerprint density at radius 2 is 1.68 bits per heavy atom. The first kappa shape index (κ1) is 22.4. The highest BCUT2D eigenvalue weighted by Gasteiger charge is 2.64. The summed E-state index contributed by atoms with van der Waals surface area (Å²) in [4.78, 5) is 24.0. The maximum atomic E-state index is 12.4. The van der Waals surface area contributed by atoms with Crippen molar-refractivity contribution in [2.75, 3.05) is 0 Å². The summed E-state index contributed by atoms with van der Waals surface area (Å²) in [6, 6.07) is 4.67. The largest absolute Gasteiger partial charge is 0.508 e. The summed E-state index contributed by atoms with van der Waals surface area (Å²) in [5, 5.41) is 20.0. The molecule has 3 fully saturated rings. The lowest BCUT2D eigenvalue weighted by molar-refractivity contribution is -0.155. The van der Waals surface area contributed by atoms with Crippen molar-refractivity contribution in [1.82, 2.24) is 0 Å². The maximum absolute atomic E-state index is 12.4. The third-order valence-corrected chi connectivity index (χ3v) is 10.3. The van der Waals surface area contributed by atoms with Gasteiger partial charge in [-0.05, 0) is 110 Å². The summed E-state index contributed by atoms with van der Waals surface area (Å²) in [5.74, 6) is 1.34. The van der Waals surface area contributed by atoms with Crippen LogP contribution in [-0.2, 0) is 11.2 Å². The highest BCUT2D eigenvalue weighted by atomic mass is 16.4. The molecule has 3 aliphatic rings. The SMILES string of the molecule is CC(=O)[C@@H]1CC[C@@H]2[C@@]3(C)CC[C@@H](C)[C@@](C)(Cc4cc(C(=O)O)ccc4O)[C@@H]3CC[C@]21C. The first-order valence-corrected chi connectivity index (χ1v) is 12.0. The molecule has 0 unspecified atom stereocenters. The monoisotopic (exact) mass is 426 g/mol. The second kappa shape index (κ2) is 7.35. The van der Waals surface area contributed by atoms with Crippen LogP contribution >= 0.6 is 0 Å². The van der Waals surface area contributed by atoms with E-state index in [1.165, 1.54) is 18.6 Å². The summed E-state index contributed by atoms with van der Waals surface area (Å²) < 4.78 is 0. The van der Waals surface area contributed by atoms with Gasteiger partial charge >= 0.3 is 5.97 Å². The molecule has 0 radical (unpaired) electrons. The van der Waals surface area contributed by atoms with Crippen LogP contribution in [0.2, 0.25) is 0 Å². The van der Waals surface area contributed by atoms with Gasteiger partial charge < -0.3 is 10.2 Å². The first-order valence-electron chi connectivity index (χ1n) is 12.0. The molecule has 0 amide bonds. The molecule has 1 aromatic rings. The van der Waals surface area contributed by atoms with Gasteiger partial charge in [0.25, 0.3) is 0 Å². The van der Waals surface area contributed by atoms with Gasteiger partial charge in [0, 0.05) is 5.92 Å². The number of fused-ring (bicyclic) bond motifs is 3. The summed E-state index contributed by atoms with van der Waals surface area (Å²) in [6.45, 7) is 11.3. The van der Waals surface area contributed by atoms with Crippen molar-refractivity contribution in [3.8, 4) is 5.75 Å². The fourth-order valence-corrected chi connectivity index (χ4v) is 8.56. The van der Waals surface area contributed by atoms with E-state index in [2.05, 4.69) is 27.7 Å². The van der Waals surface area contributed by atoms with E-state index in [-0.39, 0.29) is 33.5 Å². The zero-order valence-electron chi connectivity index (χ0n) is 19.7. The first-order chi connectivity index (χ1) is 14.4. The number of aromatic hydroxyl groups is 1. The van der Waals surface area contributed by atoms with Crippen LogP contribution in [0.3, 0.4) is 0 Å². The number of phenolic OH excluding ortho intramolecular Hbond substituents is 1. The predicted octanol–water partition coefficient (Wildman–Crippen LogP) is 6.11. The van der Waals surface area contributed by atoms with Crippen LogP contribution in [0.15, 0.2) is 18.2 Å². The molecule has 0 aromatic heterocycles. The lowest BCUT2D eigenvalue weighted by Gasteiger charge is -2.64. The number of benzene rings is 1. The van der Waals surface area contributed by atoms with Crippen LogP contribution in [0.25, 0.3) is 0 Å². The van der Waals surface area contributed by atoms with Crippen LogP contribution in [0.5, 0.6) is 5.75 Å². The van der Waals surface area contributed by atoms with Gasteiger partial charge in [0.2, 0.25) is 0 Å². The van der Waals surface area contributed by atoms with Crippen LogP contribution in [0.1, 0.15) is 89.1 Å². The molecular weight excluding hydrogens is 388 g/mol. The van der Waals surface area contributed by atoms with Crippen molar-refractivity contribution in [1.29, 1.82) is 0 Å². The standard InChI is InChI=1S/C27H38O4/c1-16-10-12-26(4)22-9-7-20(17(2)28)25(22,3)13-11-23(26)27(16,5)15-19-14-18(24(30)31)6-8-21(19)29/h6,8,14,16,20,22-23,29H,7,9-13,15H2,1-5H3,(H,30,31)/t16-,20+,22+,23-,25+,26-,27-/m1/s1. The second-order valence-electron chi connectivity index (χ2n) is 11.7. The summed E-state index contributed by atoms with van der Waals surface area (Å²) in [6.07, 6.45) is 7.38. The third-order valence-electron chi connectivity index (χ3n) is 10.3. The van der Waals surface area contributed by atoms with Crippen molar-refractivity contribution in [2.45, 2.75) is 79.6 Å². The number of carbonyl (C=O) groups excluding carboxylic acids is 1. The Kier molecular flexibility index (Phi) is 5.30. The van der Waals surface area contributed by atoms with Crippen molar-refractivity contribution in [3.05, 3.63) is 29.3 Å². The minimum absolute atomic E-state index is 0.0166. The number of hydrogen-bond donors (Lipinski definition) is 2. The minimum Gasteiger partial charge on any atom is -0.508 e. The van der Waals surface area contributed by atoms with Crippen LogP contribution in [0.4, 0.5) is 0 Å². The summed E-state index contributed by atoms with van der Waals surface area (Å²) >= 11 is 0.